The predicted molar refractivity (Wildman–Crippen MR) is 83.9 cm³/mol. The molecule has 110 valence electrons. The molecule has 0 atom stereocenters. The second-order valence-corrected chi connectivity index (χ2v) is 5.88. The molecule has 0 spiro atoms. The van der Waals surface area contributed by atoms with Gasteiger partial charge in [-0.1, -0.05) is 24.3 Å². The minimum Gasteiger partial charge on any atom is -0.481 e. The van der Waals surface area contributed by atoms with E-state index in [4.69, 9.17) is 5.11 Å². The average molecular weight is 292 g/mol. The van der Waals surface area contributed by atoms with Crippen LogP contribution in [0.1, 0.15) is 29.9 Å². The minimum atomic E-state index is -0.839. The molecule has 1 aromatic carbocycles. The van der Waals surface area contributed by atoms with Gasteiger partial charge in [0.15, 0.2) is 0 Å². The normalized spacial score (nSPS) is 14.4. The zero-order valence-corrected chi connectivity index (χ0v) is 12.1. The van der Waals surface area contributed by atoms with E-state index in [1.54, 1.807) is 10.7 Å². The van der Waals surface area contributed by atoms with Crippen molar-refractivity contribution >= 4 is 11.5 Å². The summed E-state index contributed by atoms with van der Waals surface area (Å²) >= 11 is 0. The summed E-state index contributed by atoms with van der Waals surface area (Å²) in [5.41, 5.74) is 5.24. The van der Waals surface area contributed by atoms with Crippen LogP contribution in [0.4, 0.5) is 0 Å². The summed E-state index contributed by atoms with van der Waals surface area (Å²) in [5, 5.41) is 13.2. The molecule has 0 amide bonds. The maximum Gasteiger partial charge on any atom is 0.307 e. The molecule has 0 unspecified atom stereocenters. The second kappa shape index (κ2) is 4.98. The van der Waals surface area contributed by atoms with E-state index in [-0.39, 0.29) is 6.42 Å². The molecule has 1 aliphatic rings. The van der Waals surface area contributed by atoms with Gasteiger partial charge in [-0.25, -0.2) is 4.52 Å². The third-order valence-electron chi connectivity index (χ3n) is 4.24. The van der Waals surface area contributed by atoms with Gasteiger partial charge in [-0.15, -0.1) is 0 Å². The largest absolute Gasteiger partial charge is 0.481 e. The van der Waals surface area contributed by atoms with E-state index in [2.05, 4.69) is 29.4 Å². The maximum absolute atomic E-state index is 10.9. The highest BCUT2D eigenvalue weighted by molar-refractivity contribution is 5.76. The van der Waals surface area contributed by atoms with Crippen LogP contribution in [0, 0.1) is 0 Å². The summed E-state index contributed by atoms with van der Waals surface area (Å²) in [4.78, 5) is 10.9. The number of fused-ring (bicyclic) bond motifs is 1. The lowest BCUT2D eigenvalue weighted by Crippen LogP contribution is -1.99. The molecule has 2 heterocycles. The molecule has 1 fully saturated rings. The van der Waals surface area contributed by atoms with Crippen molar-refractivity contribution in [2.45, 2.75) is 25.2 Å². The number of carboxylic acids is 1. The summed E-state index contributed by atoms with van der Waals surface area (Å²) in [6, 6.07) is 12.7. The van der Waals surface area contributed by atoms with Gasteiger partial charge in [-0.3, -0.25) is 4.79 Å². The zero-order valence-electron chi connectivity index (χ0n) is 12.1. The Bertz CT molecular complexity index is 845. The zero-order chi connectivity index (χ0) is 15.1. The third-order valence-corrected chi connectivity index (χ3v) is 4.24. The molecule has 1 aliphatic carbocycles. The fourth-order valence-corrected chi connectivity index (χ4v) is 2.87. The highest BCUT2D eigenvalue weighted by Gasteiger charge is 2.23. The van der Waals surface area contributed by atoms with Gasteiger partial charge in [0.1, 0.15) is 0 Å². The van der Waals surface area contributed by atoms with Crippen LogP contribution in [0.3, 0.4) is 0 Å². The van der Waals surface area contributed by atoms with E-state index in [0.717, 1.165) is 28.1 Å². The minimum absolute atomic E-state index is 0.00638. The molecule has 1 saturated carbocycles. The number of carboxylic acid groups (broad SMARTS) is 1. The summed E-state index contributed by atoms with van der Waals surface area (Å²) in [5.74, 6) is -0.0809. The van der Waals surface area contributed by atoms with Gasteiger partial charge >= 0.3 is 5.97 Å². The van der Waals surface area contributed by atoms with Gasteiger partial charge in [-0.2, -0.15) is 5.10 Å². The number of benzene rings is 1. The smallest absolute Gasteiger partial charge is 0.307 e. The van der Waals surface area contributed by atoms with E-state index in [0.29, 0.717) is 0 Å². The van der Waals surface area contributed by atoms with Crippen LogP contribution in [0.25, 0.3) is 16.6 Å². The Morgan fingerprint density at radius 2 is 1.95 bits per heavy atom. The first-order valence-electron chi connectivity index (χ1n) is 7.49. The van der Waals surface area contributed by atoms with Crippen molar-refractivity contribution in [2.75, 3.05) is 0 Å². The highest BCUT2D eigenvalue weighted by Crippen LogP contribution is 2.40. The van der Waals surface area contributed by atoms with Crippen molar-refractivity contribution in [1.82, 2.24) is 9.61 Å². The van der Waals surface area contributed by atoms with E-state index in [9.17, 15) is 4.79 Å². The lowest BCUT2D eigenvalue weighted by Gasteiger charge is -2.05. The van der Waals surface area contributed by atoms with Gasteiger partial charge in [-0.05, 0) is 47.6 Å². The first kappa shape index (κ1) is 13.1. The third kappa shape index (κ3) is 2.37. The molecule has 1 N–H and O–H groups in total. The molecule has 4 heteroatoms. The lowest BCUT2D eigenvalue weighted by atomic mass is 10.0. The van der Waals surface area contributed by atoms with Crippen molar-refractivity contribution in [3.63, 3.8) is 0 Å². The molecular weight excluding hydrogens is 276 g/mol. The van der Waals surface area contributed by atoms with Gasteiger partial charge in [0.05, 0.1) is 18.1 Å². The summed E-state index contributed by atoms with van der Waals surface area (Å²) in [7, 11) is 0. The van der Waals surface area contributed by atoms with Crippen molar-refractivity contribution in [1.29, 1.82) is 0 Å². The predicted octanol–water partition coefficient (Wildman–Crippen LogP) is 3.51. The Hall–Kier alpha value is -2.62. The molecule has 0 radical (unpaired) electrons. The highest BCUT2D eigenvalue weighted by atomic mass is 16.4. The molecule has 4 nitrogen and oxygen atoms in total. The van der Waals surface area contributed by atoms with Crippen LogP contribution in [-0.4, -0.2) is 20.7 Å². The van der Waals surface area contributed by atoms with Crippen LogP contribution < -0.4 is 0 Å². The molecule has 2 aromatic heterocycles. The van der Waals surface area contributed by atoms with E-state index in [1.807, 2.05) is 18.3 Å². The molecule has 0 saturated heterocycles. The molecule has 4 rings (SSSR count). The first-order valence-corrected chi connectivity index (χ1v) is 7.49. The number of hydrogen-bond acceptors (Lipinski definition) is 2. The van der Waals surface area contributed by atoms with Crippen LogP contribution >= 0.6 is 0 Å². The number of rotatable bonds is 4. The number of hydrogen-bond donors (Lipinski definition) is 1. The Kier molecular flexibility index (Phi) is 2.96. The molecular formula is C18H16N2O2. The molecule has 22 heavy (non-hydrogen) atoms. The summed E-state index contributed by atoms with van der Waals surface area (Å²) < 4.78 is 1.72. The Morgan fingerprint density at radius 3 is 2.64 bits per heavy atom. The standard InChI is InChI=1S/C18H16N2O2/c21-18(22)10-16-11-19-20-8-7-15(9-17(16)20)14-5-3-13(4-6-14)12-1-2-12/h3-9,11-12H,1-2,10H2,(H,21,22). The topological polar surface area (TPSA) is 54.6 Å². The van der Waals surface area contributed by atoms with E-state index >= 15 is 0 Å². The van der Waals surface area contributed by atoms with Gasteiger partial charge in [0, 0.05) is 11.8 Å². The van der Waals surface area contributed by atoms with Crippen molar-refractivity contribution in [3.8, 4) is 11.1 Å². The number of carbonyl (C=O) groups is 1. The first-order chi connectivity index (χ1) is 10.7. The van der Waals surface area contributed by atoms with Crippen molar-refractivity contribution < 1.29 is 9.90 Å². The van der Waals surface area contributed by atoms with Crippen LogP contribution in [0.15, 0.2) is 48.8 Å². The summed E-state index contributed by atoms with van der Waals surface area (Å²) in [6.07, 6.45) is 6.11. The summed E-state index contributed by atoms with van der Waals surface area (Å²) in [6.45, 7) is 0. The van der Waals surface area contributed by atoms with E-state index in [1.165, 1.54) is 18.4 Å². The van der Waals surface area contributed by atoms with Crippen LogP contribution in [0.5, 0.6) is 0 Å². The average Bonchev–Trinajstić information content (AvgIpc) is 3.30. The Balaban J connectivity index is 1.72. The Labute approximate surface area is 128 Å². The maximum atomic E-state index is 10.9. The lowest BCUT2D eigenvalue weighted by molar-refractivity contribution is -0.136. The van der Waals surface area contributed by atoms with Crippen molar-refractivity contribution in [3.05, 3.63) is 59.9 Å². The molecule has 0 bridgehead atoms. The number of nitrogens with zero attached hydrogens (tertiary/aromatic N) is 2. The number of aliphatic carboxylic acids is 1. The second-order valence-electron chi connectivity index (χ2n) is 5.88. The quantitative estimate of drug-likeness (QED) is 0.800. The van der Waals surface area contributed by atoms with Gasteiger partial charge in [0.25, 0.3) is 0 Å². The fraction of sp³-hybridized carbons (Fsp3) is 0.222. The fourth-order valence-electron chi connectivity index (χ4n) is 2.87. The van der Waals surface area contributed by atoms with Crippen LogP contribution in [0.2, 0.25) is 0 Å². The number of pyridine rings is 1. The number of aromatic nitrogens is 2. The van der Waals surface area contributed by atoms with Gasteiger partial charge < -0.3 is 5.11 Å². The van der Waals surface area contributed by atoms with Gasteiger partial charge in [0.2, 0.25) is 0 Å². The van der Waals surface area contributed by atoms with E-state index < -0.39 is 5.97 Å². The SMILES string of the molecule is O=C(O)Cc1cnn2ccc(-c3ccc(C4CC4)cc3)cc12. The monoisotopic (exact) mass is 292 g/mol. The Morgan fingerprint density at radius 1 is 1.18 bits per heavy atom. The molecule has 3 aromatic rings. The molecule has 0 aliphatic heterocycles. The van der Waals surface area contributed by atoms with Crippen LogP contribution in [-0.2, 0) is 11.2 Å². The van der Waals surface area contributed by atoms with Crippen molar-refractivity contribution in [2.24, 2.45) is 0 Å².